The molecule has 0 saturated carbocycles. The molecule has 0 radical (unpaired) electrons. The van der Waals surface area contributed by atoms with Gasteiger partial charge in [-0.2, -0.15) is 0 Å². The van der Waals surface area contributed by atoms with E-state index in [4.69, 9.17) is 23.9 Å². The van der Waals surface area contributed by atoms with E-state index in [1.807, 2.05) is 31.2 Å². The Hall–Kier alpha value is -2.81. The summed E-state index contributed by atoms with van der Waals surface area (Å²) in [5.41, 5.74) is 9.00. The van der Waals surface area contributed by atoms with Crippen molar-refractivity contribution in [3.8, 4) is 0 Å². The average Bonchev–Trinajstić information content (AvgIpc) is 2.92. The van der Waals surface area contributed by atoms with Gasteiger partial charge in [-0.1, -0.05) is 29.3 Å². The first kappa shape index (κ1) is 17.0. The summed E-state index contributed by atoms with van der Waals surface area (Å²) in [5.74, 6) is -0.221. The molecule has 1 heterocycles. The van der Waals surface area contributed by atoms with Crippen LogP contribution in [0.25, 0.3) is 4.85 Å². The topological polar surface area (TPSA) is 59.5 Å². The number of nitrogen functional groups attached to an aromatic ring is 1. The van der Waals surface area contributed by atoms with Gasteiger partial charge in [0.2, 0.25) is 11.5 Å². The number of nitrogens with zero attached hydrogens (tertiary/aromatic N) is 1. The number of rotatable bonds is 4. The second kappa shape index (κ2) is 6.98. The van der Waals surface area contributed by atoms with Gasteiger partial charge in [-0.05, 0) is 43.3 Å². The number of aryl methyl sites for hydroxylation is 1. The van der Waals surface area contributed by atoms with Crippen LogP contribution in [-0.4, -0.2) is 5.78 Å². The summed E-state index contributed by atoms with van der Waals surface area (Å²) in [4.78, 5) is 16.6. The summed E-state index contributed by atoms with van der Waals surface area (Å²) < 4.78 is 0. The molecule has 0 atom stereocenters. The van der Waals surface area contributed by atoms with Crippen molar-refractivity contribution in [2.75, 3.05) is 11.1 Å². The van der Waals surface area contributed by atoms with Crippen molar-refractivity contribution in [3.63, 3.8) is 0 Å². The van der Waals surface area contributed by atoms with Gasteiger partial charge in [-0.15, -0.1) is 11.3 Å². The first-order valence-electron chi connectivity index (χ1n) is 7.43. The normalized spacial score (nSPS) is 10.3. The predicted octanol–water partition coefficient (Wildman–Crippen LogP) is 5.82. The van der Waals surface area contributed by atoms with Crippen molar-refractivity contribution in [1.82, 2.24) is 0 Å². The fraction of sp³-hybridized carbons (Fsp3) is 0.0526. The van der Waals surface area contributed by atoms with Crippen LogP contribution in [0.3, 0.4) is 0 Å². The monoisotopic (exact) mass is 367 g/mol. The Balaban J connectivity index is 1.97. The van der Waals surface area contributed by atoms with Crippen molar-refractivity contribution in [1.29, 1.82) is 0 Å². The first-order chi connectivity index (χ1) is 12.0. The second-order valence-corrected chi connectivity index (χ2v) is 6.92. The third-order valence-corrected chi connectivity index (χ3v) is 5.01. The Kier molecular flexibility index (Phi) is 4.75. The number of halogens is 1. The van der Waals surface area contributed by atoms with E-state index in [1.54, 1.807) is 24.3 Å². The Morgan fingerprint density at radius 3 is 2.40 bits per heavy atom. The summed E-state index contributed by atoms with van der Waals surface area (Å²) in [6, 6.07) is 14.4. The molecule has 0 aliphatic heterocycles. The lowest BCUT2D eigenvalue weighted by Crippen LogP contribution is -2.01. The van der Waals surface area contributed by atoms with Gasteiger partial charge in [-0.25, -0.2) is 4.85 Å². The predicted molar refractivity (Wildman–Crippen MR) is 104 cm³/mol. The molecular formula is C19H14ClN3OS. The molecule has 0 unspecified atom stereocenters. The smallest absolute Gasteiger partial charge is 0.243 e. The quantitative estimate of drug-likeness (QED) is 0.451. The highest BCUT2D eigenvalue weighted by Gasteiger charge is 2.22. The van der Waals surface area contributed by atoms with Gasteiger partial charge in [0.15, 0.2) is 0 Å². The second-order valence-electron chi connectivity index (χ2n) is 5.46. The molecule has 2 aromatic carbocycles. The molecule has 3 N–H and O–H groups in total. The molecule has 4 nitrogen and oxygen atoms in total. The number of nitrogens with one attached hydrogen (secondary N) is 1. The number of hydrogen-bond donors (Lipinski definition) is 2. The molecule has 0 fully saturated rings. The fourth-order valence-corrected chi connectivity index (χ4v) is 3.47. The van der Waals surface area contributed by atoms with Gasteiger partial charge in [0.1, 0.15) is 5.00 Å². The zero-order valence-corrected chi connectivity index (χ0v) is 14.9. The van der Waals surface area contributed by atoms with Crippen LogP contribution >= 0.6 is 22.9 Å². The molecule has 1 aromatic heterocycles. The zero-order valence-electron chi connectivity index (χ0n) is 13.3. The highest BCUT2D eigenvalue weighted by Crippen LogP contribution is 2.44. The van der Waals surface area contributed by atoms with Crippen LogP contribution in [0.4, 0.5) is 22.1 Å². The number of hydrogen-bond acceptors (Lipinski definition) is 4. The number of carbonyl (C=O) groups excluding carboxylic acids is 1. The lowest BCUT2D eigenvalue weighted by Gasteiger charge is -2.04. The minimum absolute atomic E-state index is 0.203. The van der Waals surface area contributed by atoms with E-state index in [1.165, 1.54) is 11.3 Å². The lowest BCUT2D eigenvalue weighted by atomic mass is 10.1. The Morgan fingerprint density at radius 1 is 1.16 bits per heavy atom. The molecule has 0 aliphatic rings. The number of carbonyl (C=O) groups is 1. The van der Waals surface area contributed by atoms with Gasteiger partial charge >= 0.3 is 0 Å². The van der Waals surface area contributed by atoms with Crippen LogP contribution in [0.2, 0.25) is 5.02 Å². The maximum Gasteiger partial charge on any atom is 0.243 e. The van der Waals surface area contributed by atoms with E-state index in [2.05, 4.69) is 10.2 Å². The van der Waals surface area contributed by atoms with Crippen LogP contribution in [0, 0.1) is 13.5 Å². The molecular weight excluding hydrogens is 354 g/mol. The summed E-state index contributed by atoms with van der Waals surface area (Å²) in [6.45, 7) is 9.40. The number of ketones is 1. The van der Waals surface area contributed by atoms with E-state index in [0.717, 1.165) is 11.3 Å². The minimum atomic E-state index is -0.221. The summed E-state index contributed by atoms with van der Waals surface area (Å²) >= 11 is 7.05. The van der Waals surface area contributed by atoms with E-state index in [9.17, 15) is 4.79 Å². The van der Waals surface area contributed by atoms with Crippen molar-refractivity contribution < 1.29 is 4.79 Å². The lowest BCUT2D eigenvalue weighted by molar-refractivity contribution is 0.104. The van der Waals surface area contributed by atoms with Gasteiger partial charge in [0.25, 0.3) is 0 Å². The fourth-order valence-electron chi connectivity index (χ4n) is 2.30. The minimum Gasteiger partial charge on any atom is -0.406 e. The molecule has 124 valence electrons. The van der Waals surface area contributed by atoms with Gasteiger partial charge < -0.3 is 11.1 Å². The Morgan fingerprint density at radius 2 is 1.80 bits per heavy atom. The van der Waals surface area contributed by atoms with Crippen LogP contribution in [0.5, 0.6) is 0 Å². The maximum atomic E-state index is 12.7. The summed E-state index contributed by atoms with van der Waals surface area (Å²) in [7, 11) is 0. The van der Waals surface area contributed by atoms with Crippen LogP contribution in [0.15, 0.2) is 48.5 Å². The molecule has 3 rings (SSSR count). The molecule has 0 bridgehead atoms. The highest BCUT2D eigenvalue weighted by atomic mass is 35.5. The number of nitrogens with two attached hydrogens (primary N) is 1. The van der Waals surface area contributed by atoms with E-state index >= 15 is 0 Å². The Bertz CT molecular complexity index is 970. The summed E-state index contributed by atoms with van der Waals surface area (Å²) in [6.07, 6.45) is 0. The van der Waals surface area contributed by atoms with Gasteiger partial charge in [0, 0.05) is 16.3 Å². The number of thiophene rings is 1. The summed E-state index contributed by atoms with van der Waals surface area (Å²) in [5, 5.41) is 4.30. The largest absolute Gasteiger partial charge is 0.406 e. The van der Waals surface area contributed by atoms with Crippen molar-refractivity contribution in [2.24, 2.45) is 0 Å². The maximum absolute atomic E-state index is 12.7. The standard InChI is InChI=1S/C19H14ClN3OS/c1-11-3-9-14(10-4-11)23-19-16(22-2)15(21)18(25-19)17(24)12-5-7-13(20)8-6-12/h3-10,23H,21H2,1H3. The molecule has 25 heavy (non-hydrogen) atoms. The average molecular weight is 368 g/mol. The number of anilines is 3. The number of benzene rings is 2. The Labute approximate surface area is 154 Å². The molecule has 0 amide bonds. The third-order valence-electron chi connectivity index (χ3n) is 3.65. The van der Waals surface area contributed by atoms with Gasteiger partial charge in [0.05, 0.1) is 17.1 Å². The molecule has 3 aromatic rings. The van der Waals surface area contributed by atoms with Crippen molar-refractivity contribution in [2.45, 2.75) is 6.92 Å². The van der Waals surface area contributed by atoms with E-state index < -0.39 is 0 Å². The third kappa shape index (κ3) is 3.50. The van der Waals surface area contributed by atoms with Crippen LogP contribution in [-0.2, 0) is 0 Å². The van der Waals surface area contributed by atoms with Crippen molar-refractivity contribution >= 4 is 50.8 Å². The first-order valence-corrected chi connectivity index (χ1v) is 8.62. The van der Waals surface area contributed by atoms with Crippen LogP contribution in [0.1, 0.15) is 20.8 Å². The SMILES string of the molecule is [C-]#[N+]c1c(Nc2ccc(C)cc2)sc(C(=O)c2ccc(Cl)cc2)c1N. The molecule has 6 heteroatoms. The van der Waals surface area contributed by atoms with E-state index in [-0.39, 0.29) is 17.2 Å². The van der Waals surface area contributed by atoms with Gasteiger partial charge in [-0.3, -0.25) is 4.79 Å². The van der Waals surface area contributed by atoms with Crippen LogP contribution < -0.4 is 11.1 Å². The van der Waals surface area contributed by atoms with E-state index in [0.29, 0.717) is 20.5 Å². The van der Waals surface area contributed by atoms with Crippen molar-refractivity contribution in [3.05, 3.63) is 81.0 Å². The highest BCUT2D eigenvalue weighted by molar-refractivity contribution is 7.19. The molecule has 0 aliphatic carbocycles. The zero-order chi connectivity index (χ0) is 18.0. The molecule has 0 saturated heterocycles. The molecule has 0 spiro atoms.